The van der Waals surface area contributed by atoms with Crippen LogP contribution in [0.1, 0.15) is 27.7 Å². The summed E-state index contributed by atoms with van der Waals surface area (Å²) in [5.41, 5.74) is 2.45. The molecule has 0 saturated carbocycles. The second-order valence-electron chi connectivity index (χ2n) is 5.51. The van der Waals surface area contributed by atoms with Gasteiger partial charge in [0.05, 0.1) is 23.2 Å². The zero-order valence-corrected chi connectivity index (χ0v) is 16.8. The number of aromatic nitrogens is 2. The zero-order chi connectivity index (χ0) is 17.4. The van der Waals surface area contributed by atoms with Crippen LogP contribution in [0.15, 0.2) is 30.6 Å². The van der Waals surface area contributed by atoms with Gasteiger partial charge in [0.15, 0.2) is 0 Å². The molecule has 134 valence electrons. The van der Waals surface area contributed by atoms with Gasteiger partial charge in [-0.2, -0.15) is 0 Å². The maximum atomic E-state index is 5.99. The van der Waals surface area contributed by atoms with E-state index in [4.69, 9.17) is 13.3 Å². The summed E-state index contributed by atoms with van der Waals surface area (Å²) in [5.74, 6) is 1.79. The molecular formula is C17H28N2O3SSi. The maximum Gasteiger partial charge on any atom is 0.504 e. The topological polar surface area (TPSA) is 45.5 Å². The fraction of sp³-hybridized carbons (Fsp3) is 0.588. The number of benzene rings is 1. The number of hydrogen-bond donors (Lipinski definition) is 0. The van der Waals surface area contributed by atoms with Gasteiger partial charge in [-0.3, -0.25) is 0 Å². The van der Waals surface area contributed by atoms with Crippen LogP contribution in [0.5, 0.6) is 0 Å². The van der Waals surface area contributed by atoms with Crippen LogP contribution in [0, 0.1) is 0 Å². The Labute approximate surface area is 150 Å². The van der Waals surface area contributed by atoms with Gasteiger partial charge in [0.2, 0.25) is 0 Å². The number of rotatable bonds is 11. The van der Waals surface area contributed by atoms with Crippen molar-refractivity contribution < 1.29 is 13.3 Å². The summed E-state index contributed by atoms with van der Waals surface area (Å²) in [5, 5.41) is 0. The molecule has 0 N–H and O–H groups in total. The van der Waals surface area contributed by atoms with Crippen molar-refractivity contribution in [3.63, 3.8) is 0 Å². The average Bonchev–Trinajstić information content (AvgIpc) is 2.99. The number of fused-ring (bicyclic) bond motifs is 1. The van der Waals surface area contributed by atoms with Crippen LogP contribution < -0.4 is 0 Å². The van der Waals surface area contributed by atoms with Crippen molar-refractivity contribution in [2.24, 2.45) is 0 Å². The normalized spacial score (nSPS) is 13.5. The van der Waals surface area contributed by atoms with Crippen LogP contribution in [-0.2, 0) is 19.2 Å². The van der Waals surface area contributed by atoms with Crippen LogP contribution in [0.2, 0.25) is 5.54 Å². The van der Waals surface area contributed by atoms with Gasteiger partial charge < -0.3 is 17.8 Å². The van der Waals surface area contributed by atoms with Crippen molar-refractivity contribution in [2.45, 2.75) is 39.1 Å². The summed E-state index contributed by atoms with van der Waals surface area (Å²) in [6, 6.07) is 8.20. The van der Waals surface area contributed by atoms with E-state index >= 15 is 0 Å². The Morgan fingerprint density at radius 2 is 1.71 bits per heavy atom. The fourth-order valence-corrected chi connectivity index (χ4v) is 7.04. The maximum absolute atomic E-state index is 5.99. The third-order valence-corrected chi connectivity index (χ3v) is 8.74. The fourth-order valence-electron chi connectivity index (χ4n) is 2.70. The second-order valence-corrected chi connectivity index (χ2v) is 9.57. The largest absolute Gasteiger partial charge is 0.504 e. The second kappa shape index (κ2) is 9.58. The summed E-state index contributed by atoms with van der Waals surface area (Å²) in [4.78, 5) is 4.44. The highest BCUT2D eigenvalue weighted by molar-refractivity contribution is 7.98. The Bertz CT molecular complexity index is 606. The lowest BCUT2D eigenvalue weighted by molar-refractivity contribution is 0.0646. The number of hydrogen-bond acceptors (Lipinski definition) is 5. The monoisotopic (exact) mass is 368 g/mol. The average molecular weight is 369 g/mol. The predicted octanol–water partition coefficient (Wildman–Crippen LogP) is 4.17. The molecule has 1 heterocycles. The van der Waals surface area contributed by atoms with Crippen LogP contribution in [0.3, 0.4) is 0 Å². The molecule has 0 aliphatic heterocycles. The molecule has 2 rings (SSSR count). The molecule has 1 aromatic heterocycles. The Hall–Kier alpha value is -0.863. The lowest BCUT2D eigenvalue weighted by Gasteiger charge is -2.33. The van der Waals surface area contributed by atoms with E-state index in [1.807, 2.05) is 57.1 Å². The van der Waals surface area contributed by atoms with Gasteiger partial charge in [0.25, 0.3) is 0 Å². The van der Waals surface area contributed by atoms with Gasteiger partial charge >= 0.3 is 8.80 Å². The summed E-state index contributed by atoms with van der Waals surface area (Å²) in [7, 11) is -2.62. The molecule has 1 atom stereocenters. The molecule has 0 fully saturated rings. The SMILES string of the molecule is CCO[Si](OCC)(OCC)C(C)CSCn1cnc2ccccc21. The van der Waals surface area contributed by atoms with Crippen molar-refractivity contribution >= 4 is 31.6 Å². The Morgan fingerprint density at radius 3 is 2.33 bits per heavy atom. The summed E-state index contributed by atoms with van der Waals surface area (Å²) < 4.78 is 20.2. The van der Waals surface area contributed by atoms with E-state index in [-0.39, 0.29) is 5.54 Å². The molecule has 5 nitrogen and oxygen atoms in total. The first-order valence-electron chi connectivity index (χ1n) is 8.56. The highest BCUT2D eigenvalue weighted by Gasteiger charge is 2.46. The first-order chi connectivity index (χ1) is 11.7. The van der Waals surface area contributed by atoms with Crippen molar-refractivity contribution in [3.05, 3.63) is 30.6 Å². The molecule has 0 saturated heterocycles. The first-order valence-corrected chi connectivity index (χ1v) is 11.5. The summed E-state index contributed by atoms with van der Waals surface area (Å²) in [6.07, 6.45) is 1.90. The molecule has 0 amide bonds. The van der Waals surface area contributed by atoms with Gasteiger partial charge in [-0.05, 0) is 32.9 Å². The van der Waals surface area contributed by atoms with Gasteiger partial charge in [-0.15, -0.1) is 11.8 Å². The number of thioether (sulfide) groups is 1. The van der Waals surface area contributed by atoms with Gasteiger partial charge in [-0.1, -0.05) is 19.1 Å². The zero-order valence-electron chi connectivity index (χ0n) is 15.0. The van der Waals surface area contributed by atoms with E-state index in [1.165, 1.54) is 5.52 Å². The third kappa shape index (κ3) is 4.61. The molecule has 2 aromatic rings. The van der Waals surface area contributed by atoms with Crippen LogP contribution >= 0.6 is 11.8 Å². The van der Waals surface area contributed by atoms with Crippen molar-refractivity contribution in [1.29, 1.82) is 0 Å². The molecular weight excluding hydrogens is 340 g/mol. The predicted molar refractivity (Wildman–Crippen MR) is 102 cm³/mol. The molecule has 0 bridgehead atoms. The molecule has 1 aromatic carbocycles. The molecule has 7 heteroatoms. The van der Waals surface area contributed by atoms with E-state index in [9.17, 15) is 0 Å². The number of para-hydroxylation sites is 2. The molecule has 0 spiro atoms. The van der Waals surface area contributed by atoms with Crippen LogP contribution in [0.4, 0.5) is 0 Å². The van der Waals surface area contributed by atoms with Gasteiger partial charge in [0, 0.05) is 31.1 Å². The van der Waals surface area contributed by atoms with Crippen molar-refractivity contribution in [1.82, 2.24) is 9.55 Å². The lowest BCUT2D eigenvalue weighted by atomic mass is 10.3. The van der Waals surface area contributed by atoms with Crippen molar-refractivity contribution in [2.75, 3.05) is 25.6 Å². The van der Waals surface area contributed by atoms with E-state index < -0.39 is 8.80 Å². The number of imidazole rings is 1. The minimum absolute atomic E-state index is 0.247. The number of nitrogens with zero attached hydrogens (tertiary/aromatic N) is 2. The minimum Gasteiger partial charge on any atom is -0.374 e. The highest BCUT2D eigenvalue weighted by atomic mass is 32.2. The van der Waals surface area contributed by atoms with Gasteiger partial charge in [0.1, 0.15) is 0 Å². The standard InChI is InChI=1S/C17H28N2O3SSi/c1-5-20-24(21-6-2,22-7-3)15(4)12-23-14-19-13-18-16-10-8-9-11-17(16)19/h8-11,13,15H,5-7,12,14H2,1-4H3. The smallest absolute Gasteiger partial charge is 0.374 e. The van der Waals surface area contributed by atoms with E-state index in [0.29, 0.717) is 19.8 Å². The van der Waals surface area contributed by atoms with Crippen LogP contribution in [-0.4, -0.2) is 43.9 Å². The molecule has 1 unspecified atom stereocenters. The Balaban J connectivity index is 1.98. The minimum atomic E-state index is -2.62. The van der Waals surface area contributed by atoms with Gasteiger partial charge in [-0.25, -0.2) is 4.98 Å². The quantitative estimate of drug-likeness (QED) is 0.557. The summed E-state index contributed by atoms with van der Waals surface area (Å²) in [6.45, 7) is 10.0. The molecule has 0 aliphatic carbocycles. The van der Waals surface area contributed by atoms with E-state index in [0.717, 1.165) is 17.1 Å². The van der Waals surface area contributed by atoms with Crippen LogP contribution in [0.25, 0.3) is 11.0 Å². The lowest BCUT2D eigenvalue weighted by Crippen LogP contribution is -2.50. The van der Waals surface area contributed by atoms with E-state index in [1.54, 1.807) is 0 Å². The summed E-state index contributed by atoms with van der Waals surface area (Å²) >= 11 is 1.86. The van der Waals surface area contributed by atoms with E-state index in [2.05, 4.69) is 22.5 Å². The molecule has 0 aliphatic rings. The Morgan fingerprint density at radius 1 is 1.08 bits per heavy atom. The third-order valence-electron chi connectivity index (χ3n) is 3.77. The Kier molecular flexibility index (Phi) is 7.77. The molecule has 0 radical (unpaired) electrons. The highest BCUT2D eigenvalue weighted by Crippen LogP contribution is 2.30. The first kappa shape index (κ1) is 19.5. The molecule has 24 heavy (non-hydrogen) atoms. The van der Waals surface area contributed by atoms with Crippen molar-refractivity contribution in [3.8, 4) is 0 Å².